The fourth-order valence-electron chi connectivity index (χ4n) is 2.18. The molecule has 1 aliphatic heterocycles. The fourth-order valence-corrected chi connectivity index (χ4v) is 3.67. The molecule has 1 saturated heterocycles. The van der Waals surface area contributed by atoms with E-state index in [-0.39, 0.29) is 24.2 Å². The molecular weight excluding hydrogens is 276 g/mol. The maximum atomic E-state index is 11.3. The zero-order valence-corrected chi connectivity index (χ0v) is 12.0. The number of hydrogen-bond acceptors (Lipinski definition) is 5. The van der Waals surface area contributed by atoms with Crippen molar-refractivity contribution in [3.8, 4) is 11.8 Å². The molecule has 1 heterocycles. The predicted molar refractivity (Wildman–Crippen MR) is 76.1 cm³/mol. The van der Waals surface area contributed by atoms with Gasteiger partial charge in [-0.15, -0.1) is 0 Å². The summed E-state index contributed by atoms with van der Waals surface area (Å²) < 4.78 is 27.8. The number of nitriles is 1. The van der Waals surface area contributed by atoms with E-state index in [1.807, 2.05) is 30.3 Å². The predicted octanol–water partition coefficient (Wildman–Crippen LogP) is 1.26. The Balaban J connectivity index is 1.78. The van der Waals surface area contributed by atoms with E-state index in [4.69, 9.17) is 10.00 Å². The van der Waals surface area contributed by atoms with E-state index in [1.54, 1.807) is 0 Å². The van der Waals surface area contributed by atoms with Gasteiger partial charge in [-0.1, -0.05) is 12.1 Å². The maximum Gasteiger partial charge on any atom is 0.174 e. The molecule has 5 nitrogen and oxygen atoms in total. The van der Waals surface area contributed by atoms with Gasteiger partial charge in [0.2, 0.25) is 0 Å². The molecule has 1 fully saturated rings. The number of nitrogens with one attached hydrogen (secondary N) is 1. The van der Waals surface area contributed by atoms with Gasteiger partial charge in [0.05, 0.1) is 11.5 Å². The van der Waals surface area contributed by atoms with Crippen LogP contribution in [0.25, 0.3) is 0 Å². The molecule has 0 spiro atoms. The van der Waals surface area contributed by atoms with Gasteiger partial charge in [-0.05, 0) is 30.5 Å². The van der Waals surface area contributed by atoms with Crippen molar-refractivity contribution in [3.63, 3.8) is 0 Å². The van der Waals surface area contributed by atoms with Crippen LogP contribution in [0.3, 0.4) is 0 Å². The molecule has 1 aromatic carbocycles. The Morgan fingerprint density at radius 3 is 2.50 bits per heavy atom. The van der Waals surface area contributed by atoms with E-state index in [1.165, 1.54) is 0 Å². The Bertz CT molecular complexity index is 561. The molecule has 20 heavy (non-hydrogen) atoms. The van der Waals surface area contributed by atoms with Gasteiger partial charge < -0.3 is 10.1 Å². The van der Waals surface area contributed by atoms with Crippen LogP contribution in [0.1, 0.15) is 18.4 Å². The van der Waals surface area contributed by atoms with E-state index in [0.717, 1.165) is 5.56 Å². The van der Waals surface area contributed by atoms with Crippen LogP contribution in [-0.2, 0) is 16.4 Å². The summed E-state index contributed by atoms with van der Waals surface area (Å²) in [5, 5.41) is 11.8. The highest BCUT2D eigenvalue weighted by Crippen LogP contribution is 2.15. The number of nitrogens with zero attached hydrogens (tertiary/aromatic N) is 1. The first kappa shape index (κ1) is 14.8. The molecule has 1 aliphatic rings. The quantitative estimate of drug-likeness (QED) is 0.884. The SMILES string of the molecule is N#CCOc1ccc(CNC2CCS(=O)(=O)CC2)cc1. The normalized spacial score (nSPS) is 18.4. The Kier molecular flexibility index (Phi) is 4.99. The highest BCUT2D eigenvalue weighted by molar-refractivity contribution is 7.91. The van der Waals surface area contributed by atoms with Crippen LogP contribution in [0.15, 0.2) is 24.3 Å². The van der Waals surface area contributed by atoms with Gasteiger partial charge in [-0.25, -0.2) is 8.42 Å². The average Bonchev–Trinajstić information content (AvgIpc) is 2.45. The summed E-state index contributed by atoms with van der Waals surface area (Å²) in [4.78, 5) is 0. The molecule has 6 heteroatoms. The number of hydrogen-bond donors (Lipinski definition) is 1. The fraction of sp³-hybridized carbons (Fsp3) is 0.500. The molecule has 0 unspecified atom stereocenters. The molecule has 0 radical (unpaired) electrons. The number of ether oxygens (including phenoxy) is 1. The molecule has 0 bridgehead atoms. The number of rotatable bonds is 5. The van der Waals surface area contributed by atoms with Crippen molar-refractivity contribution in [2.24, 2.45) is 0 Å². The van der Waals surface area contributed by atoms with Gasteiger partial charge in [-0.2, -0.15) is 5.26 Å². The minimum atomic E-state index is -2.80. The molecule has 108 valence electrons. The van der Waals surface area contributed by atoms with Gasteiger partial charge >= 0.3 is 0 Å². The molecule has 0 saturated carbocycles. The van der Waals surface area contributed by atoms with Crippen molar-refractivity contribution in [2.45, 2.75) is 25.4 Å². The van der Waals surface area contributed by atoms with E-state index in [9.17, 15) is 8.42 Å². The monoisotopic (exact) mass is 294 g/mol. The van der Waals surface area contributed by atoms with Crippen molar-refractivity contribution in [1.29, 1.82) is 5.26 Å². The number of sulfone groups is 1. The summed E-state index contributed by atoms with van der Waals surface area (Å²) >= 11 is 0. The van der Waals surface area contributed by atoms with Gasteiger partial charge in [0.15, 0.2) is 6.61 Å². The maximum absolute atomic E-state index is 11.3. The topological polar surface area (TPSA) is 79.2 Å². The van der Waals surface area contributed by atoms with Crippen molar-refractivity contribution in [1.82, 2.24) is 5.32 Å². The first-order valence-electron chi connectivity index (χ1n) is 6.61. The second-order valence-corrected chi connectivity index (χ2v) is 7.20. The minimum absolute atomic E-state index is 0.0497. The summed E-state index contributed by atoms with van der Waals surface area (Å²) in [5.41, 5.74) is 1.11. The third-order valence-corrected chi connectivity index (χ3v) is 5.09. The van der Waals surface area contributed by atoms with Gasteiger partial charge in [-0.3, -0.25) is 0 Å². The molecule has 0 aliphatic carbocycles. The summed E-state index contributed by atoms with van der Waals surface area (Å²) in [6, 6.07) is 9.75. The molecule has 0 amide bonds. The first-order chi connectivity index (χ1) is 9.59. The third-order valence-electron chi connectivity index (χ3n) is 3.38. The van der Waals surface area contributed by atoms with E-state index in [2.05, 4.69) is 5.32 Å². The second-order valence-electron chi connectivity index (χ2n) is 4.90. The second kappa shape index (κ2) is 6.73. The highest BCUT2D eigenvalue weighted by atomic mass is 32.2. The van der Waals surface area contributed by atoms with Crippen LogP contribution in [0.2, 0.25) is 0 Å². The molecular formula is C14H18N2O3S. The Morgan fingerprint density at radius 1 is 1.25 bits per heavy atom. The summed E-state index contributed by atoms with van der Waals surface area (Å²) in [5.74, 6) is 1.25. The summed E-state index contributed by atoms with van der Waals surface area (Å²) in [6.45, 7) is 0.761. The summed E-state index contributed by atoms with van der Waals surface area (Å²) in [7, 11) is -2.80. The van der Waals surface area contributed by atoms with Gasteiger partial charge in [0.1, 0.15) is 21.7 Å². The van der Waals surface area contributed by atoms with Crippen LogP contribution in [0.4, 0.5) is 0 Å². The van der Waals surface area contributed by atoms with Crippen LogP contribution in [0, 0.1) is 11.3 Å². The lowest BCUT2D eigenvalue weighted by Crippen LogP contribution is -2.37. The lowest BCUT2D eigenvalue weighted by molar-refractivity contribution is 0.368. The van der Waals surface area contributed by atoms with Crippen LogP contribution in [-0.4, -0.2) is 32.6 Å². The Hall–Kier alpha value is -1.58. The third kappa shape index (κ3) is 4.51. The van der Waals surface area contributed by atoms with E-state index >= 15 is 0 Å². The molecule has 1 aromatic rings. The molecule has 1 N–H and O–H groups in total. The summed E-state index contributed by atoms with van der Waals surface area (Å²) in [6.07, 6.45) is 1.37. The number of benzene rings is 1. The lowest BCUT2D eigenvalue weighted by Gasteiger charge is -2.23. The van der Waals surface area contributed by atoms with Gasteiger partial charge in [0, 0.05) is 12.6 Å². The van der Waals surface area contributed by atoms with Crippen molar-refractivity contribution in [2.75, 3.05) is 18.1 Å². The van der Waals surface area contributed by atoms with Crippen molar-refractivity contribution >= 4 is 9.84 Å². The van der Waals surface area contributed by atoms with E-state index in [0.29, 0.717) is 25.1 Å². The van der Waals surface area contributed by atoms with E-state index < -0.39 is 9.84 Å². The first-order valence-corrected chi connectivity index (χ1v) is 8.44. The Morgan fingerprint density at radius 2 is 1.90 bits per heavy atom. The lowest BCUT2D eigenvalue weighted by atomic mass is 10.1. The zero-order chi connectivity index (χ0) is 14.4. The largest absolute Gasteiger partial charge is 0.479 e. The van der Waals surface area contributed by atoms with Gasteiger partial charge in [0.25, 0.3) is 0 Å². The smallest absolute Gasteiger partial charge is 0.174 e. The molecule has 0 atom stereocenters. The van der Waals surface area contributed by atoms with Crippen LogP contribution >= 0.6 is 0 Å². The van der Waals surface area contributed by atoms with Crippen molar-refractivity contribution < 1.29 is 13.2 Å². The average molecular weight is 294 g/mol. The molecule has 2 rings (SSSR count). The standard InChI is InChI=1S/C14H18N2O3S/c15-7-8-19-14-3-1-12(2-4-14)11-16-13-5-9-20(17,18)10-6-13/h1-4,13,16H,5-6,8-11H2. The van der Waals surface area contributed by atoms with Crippen LogP contribution < -0.4 is 10.1 Å². The molecule has 0 aromatic heterocycles. The van der Waals surface area contributed by atoms with Crippen molar-refractivity contribution in [3.05, 3.63) is 29.8 Å². The minimum Gasteiger partial charge on any atom is -0.479 e. The Labute approximate surface area is 119 Å². The highest BCUT2D eigenvalue weighted by Gasteiger charge is 2.22. The zero-order valence-electron chi connectivity index (χ0n) is 11.2. The van der Waals surface area contributed by atoms with Crippen LogP contribution in [0.5, 0.6) is 5.75 Å².